The van der Waals surface area contributed by atoms with Gasteiger partial charge in [-0.25, -0.2) is 0 Å². The summed E-state index contributed by atoms with van der Waals surface area (Å²) in [4.78, 5) is 80.3. The molecule has 2 aromatic rings. The number of rotatable bonds is 4. The highest BCUT2D eigenvalue weighted by molar-refractivity contribution is 6.22. The number of carbonyl (C=O) groups is 6. The Kier molecular flexibility index (Phi) is 10.5. The molecule has 6 aliphatic rings. The molecule has 316 valence electrons. The fourth-order valence-corrected chi connectivity index (χ4v) is 11.5. The van der Waals surface area contributed by atoms with Gasteiger partial charge in [0.2, 0.25) is 5.91 Å². The Morgan fingerprint density at radius 2 is 1.38 bits per heavy atom. The molecule has 11 atom stereocenters. The summed E-state index contributed by atoms with van der Waals surface area (Å²) in [7, 11) is 3.42. The molecule has 3 saturated carbocycles. The van der Waals surface area contributed by atoms with E-state index in [4.69, 9.17) is 5.73 Å². The van der Waals surface area contributed by atoms with E-state index in [1.165, 1.54) is 12.1 Å². The number of likely N-dealkylation sites (N-methyl/N-ethyl adjacent to an activating group) is 1. The average Bonchev–Trinajstić information content (AvgIpc) is 3.16. The number of Topliss-reactive ketones (excluding diaryl/α,β-unsaturated/α-hetero) is 5. The van der Waals surface area contributed by atoms with Gasteiger partial charge in [0, 0.05) is 47.9 Å². The van der Waals surface area contributed by atoms with Crippen molar-refractivity contribution in [3.05, 3.63) is 74.6 Å². The first-order chi connectivity index (χ1) is 28.9. The minimum atomic E-state index is -1.53. The Balaban J connectivity index is 1.02. The summed E-state index contributed by atoms with van der Waals surface area (Å²) in [5.41, 5.74) is 7.39. The second kappa shape index (κ2) is 15.4. The summed E-state index contributed by atoms with van der Waals surface area (Å²) in [6.07, 6.45) is -1.22. The van der Waals surface area contributed by atoms with Crippen LogP contribution in [0.15, 0.2) is 41.2 Å². The van der Waals surface area contributed by atoms with Crippen molar-refractivity contribution in [2.45, 2.75) is 70.1 Å². The first-order valence-electron chi connectivity index (χ1n) is 20.5. The van der Waals surface area contributed by atoms with Crippen LogP contribution in [-0.4, -0.2) is 103 Å². The van der Waals surface area contributed by atoms with Gasteiger partial charge in [-0.05, 0) is 106 Å². The van der Waals surface area contributed by atoms with E-state index in [0.717, 1.165) is 6.92 Å². The van der Waals surface area contributed by atoms with Crippen molar-refractivity contribution in [2.24, 2.45) is 53.1 Å². The van der Waals surface area contributed by atoms with Crippen LogP contribution in [0.3, 0.4) is 0 Å². The number of phenolic OH excluding ortho intramolecular Hbond substituents is 2. The number of amides is 1. The number of allylic oxidation sites excluding steroid dienone is 3. The molecule has 0 aliphatic heterocycles. The zero-order valence-electron chi connectivity index (χ0n) is 33.8. The Morgan fingerprint density at radius 3 is 1.97 bits per heavy atom. The van der Waals surface area contributed by atoms with E-state index in [1.54, 1.807) is 31.1 Å². The predicted octanol–water partition coefficient (Wildman–Crippen LogP) is 2.25. The van der Waals surface area contributed by atoms with Crippen LogP contribution in [0.4, 0.5) is 0 Å². The van der Waals surface area contributed by atoms with Crippen molar-refractivity contribution in [3.8, 4) is 35.2 Å². The second-order valence-electron chi connectivity index (χ2n) is 17.5. The van der Waals surface area contributed by atoms with Crippen LogP contribution in [0.25, 0.3) is 5.76 Å². The van der Waals surface area contributed by atoms with Gasteiger partial charge in [0.15, 0.2) is 28.9 Å². The van der Waals surface area contributed by atoms with Crippen molar-refractivity contribution in [1.29, 1.82) is 0 Å². The number of ketones is 5. The molecule has 0 radical (unpaired) electrons. The van der Waals surface area contributed by atoms with E-state index in [0.29, 0.717) is 47.9 Å². The van der Waals surface area contributed by atoms with Crippen LogP contribution >= 0.6 is 0 Å². The van der Waals surface area contributed by atoms with Gasteiger partial charge >= 0.3 is 0 Å². The van der Waals surface area contributed by atoms with E-state index in [1.807, 2.05) is 0 Å². The maximum Gasteiger partial charge on any atom is 0.230 e. The molecular weight excluding hydrogens is 785 g/mol. The van der Waals surface area contributed by atoms with E-state index in [9.17, 15) is 59.4 Å². The first kappa shape index (κ1) is 41.7. The molecule has 3 fully saturated rings. The summed E-state index contributed by atoms with van der Waals surface area (Å²) in [5.74, 6) is 0.0729. The third-order valence-corrected chi connectivity index (χ3v) is 14.0. The molecular formula is C47H46N2O12. The molecule has 2 aromatic carbocycles. The summed E-state index contributed by atoms with van der Waals surface area (Å²) < 4.78 is 0. The summed E-state index contributed by atoms with van der Waals surface area (Å²) in [5, 5.41) is 66.8. The highest BCUT2D eigenvalue weighted by Gasteiger charge is 2.61. The zero-order chi connectivity index (χ0) is 43.9. The maximum atomic E-state index is 14.1. The average molecular weight is 831 g/mol. The smallest absolute Gasteiger partial charge is 0.230 e. The number of benzene rings is 2. The molecule has 14 nitrogen and oxygen atoms in total. The second-order valence-corrected chi connectivity index (χ2v) is 17.5. The van der Waals surface area contributed by atoms with Crippen LogP contribution in [0.1, 0.15) is 77.2 Å². The highest BCUT2D eigenvalue weighted by atomic mass is 16.3. The lowest BCUT2D eigenvalue weighted by atomic mass is 9.53. The third-order valence-electron chi connectivity index (χ3n) is 14.0. The quantitative estimate of drug-likeness (QED) is 0.101. The number of hydrogen-bond acceptors (Lipinski definition) is 13. The first-order valence-corrected chi connectivity index (χ1v) is 20.5. The highest BCUT2D eigenvalue weighted by Crippen LogP contribution is 2.53. The number of hydrogen-bond donors (Lipinski definition) is 7. The monoisotopic (exact) mass is 830 g/mol. The number of fused-ring (bicyclic) bond motifs is 6. The number of aliphatic hydroxyl groups excluding tert-OH is 4. The number of nitrogens with two attached hydrogens (primary N) is 1. The molecule has 61 heavy (non-hydrogen) atoms. The van der Waals surface area contributed by atoms with E-state index in [-0.39, 0.29) is 53.0 Å². The number of aliphatic hydroxyl groups is 4. The van der Waals surface area contributed by atoms with Gasteiger partial charge in [-0.1, -0.05) is 23.7 Å². The van der Waals surface area contributed by atoms with Gasteiger partial charge in [0.05, 0.1) is 40.7 Å². The fourth-order valence-electron chi connectivity index (χ4n) is 11.5. The van der Waals surface area contributed by atoms with E-state index in [2.05, 4.69) is 23.7 Å². The molecule has 11 unspecified atom stereocenters. The maximum absolute atomic E-state index is 14.1. The Morgan fingerprint density at radius 1 is 0.770 bits per heavy atom. The van der Waals surface area contributed by atoms with Crippen LogP contribution in [0.5, 0.6) is 11.5 Å². The third kappa shape index (κ3) is 6.56. The molecule has 8 rings (SSSR count). The molecule has 0 bridgehead atoms. The normalized spacial score (nSPS) is 31.3. The van der Waals surface area contributed by atoms with Crippen molar-refractivity contribution in [2.75, 3.05) is 14.1 Å². The Bertz CT molecular complexity index is 2540. The SMILES string of the molecule is CC(=O)C1=C(O)C2C(=O)C3=C(O)c4c(O)ccc(C#CCCC#Cc5ccc(O)c6c5CC5CC7C(C(=O)C(C(N)=O)C(O)C7N(C)C)C(O)C5C6=O)c4CC3CC2CC1=O. The fraction of sp³-hybridized carbons (Fsp3) is 0.447. The van der Waals surface area contributed by atoms with Crippen molar-refractivity contribution < 1.29 is 59.4 Å². The molecule has 0 spiro atoms. The number of primary amides is 1. The lowest BCUT2D eigenvalue weighted by molar-refractivity contribution is -0.166. The van der Waals surface area contributed by atoms with Gasteiger partial charge in [0.1, 0.15) is 28.9 Å². The van der Waals surface area contributed by atoms with Gasteiger partial charge < -0.3 is 41.3 Å². The van der Waals surface area contributed by atoms with Crippen LogP contribution in [0, 0.1) is 71.0 Å². The minimum Gasteiger partial charge on any atom is -0.511 e. The van der Waals surface area contributed by atoms with Gasteiger partial charge in [-0.2, -0.15) is 0 Å². The number of nitrogens with zero attached hydrogens (tertiary/aromatic N) is 1. The van der Waals surface area contributed by atoms with Crippen LogP contribution < -0.4 is 5.73 Å². The molecule has 14 heteroatoms. The van der Waals surface area contributed by atoms with Gasteiger partial charge in [-0.3, -0.25) is 28.8 Å². The molecule has 8 N–H and O–H groups in total. The van der Waals surface area contributed by atoms with E-state index >= 15 is 0 Å². The summed E-state index contributed by atoms with van der Waals surface area (Å²) >= 11 is 0. The van der Waals surface area contributed by atoms with Gasteiger partial charge in [0.25, 0.3) is 0 Å². The molecule has 0 saturated heterocycles. The molecule has 0 aromatic heterocycles. The predicted molar refractivity (Wildman–Crippen MR) is 216 cm³/mol. The standard InChI is InChI=1S/C47H46N2O12/c1-19(50)31-30(53)18-23-14-22-15-25-20(10-12-28(51)35(25)42(56)32(22)41(55)33(23)40(31)54)8-6-4-5-7-9-21-11-13-29(52)36-26(21)16-24-17-27-37(44(58)34(24)43(36)57)45(59)38(47(48)61)46(60)39(27)49(2)3/h10-13,22-24,27,33-34,37-39,44,46,51-52,54,56,58,60H,4-5,14-18H2,1-3H3,(H2,48,61). The van der Waals surface area contributed by atoms with Crippen molar-refractivity contribution in [1.82, 2.24) is 4.90 Å². The minimum absolute atomic E-state index is 0.0289. The van der Waals surface area contributed by atoms with Crippen molar-refractivity contribution in [3.63, 3.8) is 0 Å². The van der Waals surface area contributed by atoms with Crippen LogP contribution in [0.2, 0.25) is 0 Å². The van der Waals surface area contributed by atoms with E-state index < -0.39 is 112 Å². The van der Waals surface area contributed by atoms with Crippen molar-refractivity contribution >= 4 is 40.6 Å². The largest absolute Gasteiger partial charge is 0.511 e. The Labute approximate surface area is 351 Å². The number of unbranched alkanes of at least 4 members (excludes halogenated alkanes) is 1. The summed E-state index contributed by atoms with van der Waals surface area (Å²) in [6.45, 7) is 1.15. The zero-order valence-corrected chi connectivity index (χ0v) is 33.8. The van der Waals surface area contributed by atoms with Crippen LogP contribution in [-0.2, 0) is 36.8 Å². The molecule has 0 heterocycles. The topological polar surface area (TPSA) is 253 Å². The molecule has 6 aliphatic carbocycles. The lowest BCUT2D eigenvalue weighted by Gasteiger charge is -2.54. The Hall–Kier alpha value is -6.06. The van der Waals surface area contributed by atoms with Gasteiger partial charge in [-0.15, -0.1) is 0 Å². The number of carbonyl (C=O) groups excluding carboxylic acids is 6. The number of aromatic hydroxyl groups is 2. The molecule has 1 amide bonds. The summed E-state index contributed by atoms with van der Waals surface area (Å²) in [6, 6.07) is 5.29. The number of phenols is 2. The lowest BCUT2D eigenvalue weighted by Crippen LogP contribution is -2.67.